The summed E-state index contributed by atoms with van der Waals surface area (Å²) in [5.74, 6) is 0.0381. The molecule has 1 aromatic rings. The second-order valence-corrected chi connectivity index (χ2v) is 6.85. The number of thioether (sulfide) groups is 1. The van der Waals surface area contributed by atoms with Gasteiger partial charge in [-0.05, 0) is 29.2 Å². The van der Waals surface area contributed by atoms with Crippen LogP contribution in [0, 0.1) is 17.9 Å². The molecule has 1 aromatic carbocycles. The number of carbonyl (C=O) groups excluding carboxylic acids is 1. The molecular weight excluding hydrogens is 308 g/mol. The van der Waals surface area contributed by atoms with Gasteiger partial charge in [-0.15, -0.1) is 11.8 Å². The zero-order valence-electron chi connectivity index (χ0n) is 12.7. The first-order chi connectivity index (χ1) is 11.3. The maximum Gasteiger partial charge on any atom is 0.220 e. The third-order valence-corrected chi connectivity index (χ3v) is 5.08. The Morgan fingerprint density at radius 2 is 2.35 bits per heavy atom. The molecule has 119 valence electrons. The van der Waals surface area contributed by atoms with Gasteiger partial charge in [0.1, 0.15) is 0 Å². The van der Waals surface area contributed by atoms with Crippen molar-refractivity contribution in [2.45, 2.75) is 23.6 Å². The van der Waals surface area contributed by atoms with Crippen LogP contribution in [0.2, 0.25) is 0 Å². The van der Waals surface area contributed by atoms with Crippen molar-refractivity contribution >= 4 is 23.2 Å². The lowest BCUT2D eigenvalue weighted by molar-refractivity contribution is -0.121. The summed E-state index contributed by atoms with van der Waals surface area (Å²) in [6.07, 6.45) is 7.18. The zero-order valence-corrected chi connectivity index (χ0v) is 13.5. The van der Waals surface area contributed by atoms with Gasteiger partial charge in [0.15, 0.2) is 6.19 Å². The molecule has 1 fully saturated rings. The first kappa shape index (κ1) is 15.9. The van der Waals surface area contributed by atoms with Crippen LogP contribution in [0.1, 0.15) is 29.3 Å². The van der Waals surface area contributed by atoms with Crippen molar-refractivity contribution in [2.24, 2.45) is 0 Å². The van der Waals surface area contributed by atoms with Gasteiger partial charge in [-0.2, -0.15) is 5.26 Å². The summed E-state index contributed by atoms with van der Waals surface area (Å²) in [6.45, 7) is 1.30. The largest absolute Gasteiger partial charge is 0.343 e. The Bertz CT molecular complexity index is 652. The minimum atomic E-state index is 0.0381. The highest BCUT2D eigenvalue weighted by Gasteiger charge is 2.27. The van der Waals surface area contributed by atoms with Crippen LogP contribution < -0.4 is 16.0 Å². The smallest absolute Gasteiger partial charge is 0.220 e. The van der Waals surface area contributed by atoms with Gasteiger partial charge < -0.3 is 10.6 Å². The van der Waals surface area contributed by atoms with Crippen molar-refractivity contribution in [3.05, 3.63) is 47.9 Å². The molecule has 2 aliphatic rings. The van der Waals surface area contributed by atoms with Crippen molar-refractivity contribution in [1.82, 2.24) is 16.0 Å². The van der Waals surface area contributed by atoms with Crippen molar-refractivity contribution in [3.63, 3.8) is 0 Å². The fourth-order valence-electron chi connectivity index (χ4n) is 2.52. The van der Waals surface area contributed by atoms with Crippen LogP contribution in [0.4, 0.5) is 0 Å². The van der Waals surface area contributed by atoms with Crippen molar-refractivity contribution in [2.75, 3.05) is 13.1 Å². The molecular formula is C17H19N4OS. The quantitative estimate of drug-likeness (QED) is 0.405. The molecule has 0 saturated carbocycles. The fourth-order valence-corrected chi connectivity index (χ4v) is 3.73. The van der Waals surface area contributed by atoms with Crippen molar-refractivity contribution < 1.29 is 4.79 Å². The number of rotatable bonds is 7. The van der Waals surface area contributed by atoms with Crippen molar-refractivity contribution in [1.29, 1.82) is 5.26 Å². The molecule has 1 saturated heterocycles. The highest BCUT2D eigenvalue weighted by atomic mass is 32.2. The van der Waals surface area contributed by atoms with Gasteiger partial charge in [0.2, 0.25) is 5.91 Å². The van der Waals surface area contributed by atoms with Gasteiger partial charge in [0.05, 0.1) is 10.7 Å². The molecule has 6 heteroatoms. The Balaban J connectivity index is 1.47. The van der Waals surface area contributed by atoms with Crippen LogP contribution in [-0.4, -0.2) is 24.4 Å². The van der Waals surface area contributed by atoms with Gasteiger partial charge in [0, 0.05) is 25.9 Å². The number of hydrogen-bond acceptors (Lipinski definition) is 5. The van der Waals surface area contributed by atoms with E-state index in [0.29, 0.717) is 19.4 Å². The van der Waals surface area contributed by atoms with E-state index in [4.69, 9.17) is 5.26 Å². The molecule has 0 bridgehead atoms. The van der Waals surface area contributed by atoms with E-state index < -0.39 is 0 Å². The molecule has 1 heterocycles. The lowest BCUT2D eigenvalue weighted by atomic mass is 10.1. The van der Waals surface area contributed by atoms with Crippen LogP contribution >= 0.6 is 11.8 Å². The number of allylic oxidation sites excluding steroid dienone is 2. The Hall–Kier alpha value is -1.97. The van der Waals surface area contributed by atoms with Crippen LogP contribution in [0.15, 0.2) is 30.3 Å². The zero-order chi connectivity index (χ0) is 16.1. The summed E-state index contributed by atoms with van der Waals surface area (Å²) in [6, 6.07) is 8.52. The molecule has 1 aliphatic heterocycles. The predicted octanol–water partition coefficient (Wildman–Crippen LogP) is 1.92. The molecule has 0 spiro atoms. The monoisotopic (exact) mass is 327 g/mol. The highest BCUT2D eigenvalue weighted by molar-refractivity contribution is 8.00. The molecule has 23 heavy (non-hydrogen) atoms. The number of nitrogens with zero attached hydrogens (tertiary/aromatic N) is 1. The summed E-state index contributed by atoms with van der Waals surface area (Å²) in [4.78, 5) is 11.9. The van der Waals surface area contributed by atoms with E-state index in [9.17, 15) is 4.79 Å². The predicted molar refractivity (Wildman–Crippen MR) is 91.8 cm³/mol. The summed E-state index contributed by atoms with van der Waals surface area (Å²) in [5.41, 5.74) is 3.79. The fraction of sp³-hybridized carbons (Fsp3) is 0.353. The van der Waals surface area contributed by atoms with Gasteiger partial charge >= 0.3 is 0 Å². The standard InChI is InChI=1S/C17H19N4OS/c18-11-19-8-2-5-15(22)21-16-10-20-17(23-16)14-4-1-3-13(9-14)12-6-7-12/h1,3-4,6-7,9,16-17,19-20H,2,5,8,10H2,(H,21,22). The second-order valence-electron chi connectivity index (χ2n) is 5.54. The van der Waals surface area contributed by atoms with E-state index in [-0.39, 0.29) is 16.7 Å². The Labute approximate surface area is 140 Å². The summed E-state index contributed by atoms with van der Waals surface area (Å²) >= 11 is 1.74. The maximum atomic E-state index is 11.9. The first-order valence-electron chi connectivity index (χ1n) is 7.72. The second kappa shape index (κ2) is 7.53. The van der Waals surface area contributed by atoms with Crippen LogP contribution in [0.25, 0.3) is 5.57 Å². The van der Waals surface area contributed by atoms with Crippen molar-refractivity contribution in [3.8, 4) is 6.19 Å². The molecule has 1 radical (unpaired) electrons. The molecule has 1 amide bonds. The molecule has 0 aromatic heterocycles. The van der Waals surface area contributed by atoms with Crippen LogP contribution in [0.3, 0.4) is 0 Å². The SMILES string of the molecule is N#CNCCCC(=O)NC1CNC(c2cccc(C3=C[CH]3)c2)S1. The summed E-state index contributed by atoms with van der Waals surface area (Å²) < 4.78 is 0. The normalized spacial score (nSPS) is 22.1. The lowest BCUT2D eigenvalue weighted by Gasteiger charge is -2.13. The minimum absolute atomic E-state index is 0.0381. The number of carbonyl (C=O) groups is 1. The number of nitriles is 1. The highest BCUT2D eigenvalue weighted by Crippen LogP contribution is 2.36. The third kappa shape index (κ3) is 4.50. The Morgan fingerprint density at radius 3 is 3.13 bits per heavy atom. The average molecular weight is 327 g/mol. The van der Waals surface area contributed by atoms with Gasteiger partial charge in [-0.25, -0.2) is 0 Å². The molecule has 2 atom stereocenters. The number of hydrogen-bond donors (Lipinski definition) is 3. The third-order valence-electron chi connectivity index (χ3n) is 3.75. The van der Waals surface area contributed by atoms with Gasteiger partial charge in [-0.3, -0.25) is 10.1 Å². The molecule has 2 unspecified atom stereocenters. The molecule has 3 N–H and O–H groups in total. The Kier molecular flexibility index (Phi) is 5.21. The number of benzene rings is 1. The van der Waals surface area contributed by atoms with Gasteiger partial charge in [0.25, 0.3) is 0 Å². The summed E-state index contributed by atoms with van der Waals surface area (Å²) in [7, 11) is 0. The number of nitrogens with one attached hydrogen (secondary N) is 3. The lowest BCUT2D eigenvalue weighted by Crippen LogP contribution is -2.34. The average Bonchev–Trinajstić information content (AvgIpc) is 3.32. The molecule has 1 aliphatic carbocycles. The summed E-state index contributed by atoms with van der Waals surface area (Å²) in [5, 5.41) is 17.7. The first-order valence-corrected chi connectivity index (χ1v) is 8.66. The number of amides is 1. The topological polar surface area (TPSA) is 77.0 Å². The van der Waals surface area contributed by atoms with Crippen LogP contribution in [-0.2, 0) is 4.79 Å². The van der Waals surface area contributed by atoms with E-state index in [1.807, 2.05) is 6.19 Å². The van der Waals surface area contributed by atoms with Gasteiger partial charge in [-0.1, -0.05) is 24.3 Å². The van der Waals surface area contributed by atoms with E-state index in [1.165, 1.54) is 16.7 Å². The molecule has 3 rings (SSSR count). The van der Waals surface area contributed by atoms with E-state index in [2.05, 4.69) is 52.7 Å². The van der Waals surface area contributed by atoms with E-state index >= 15 is 0 Å². The minimum Gasteiger partial charge on any atom is -0.343 e. The molecule has 5 nitrogen and oxygen atoms in total. The van der Waals surface area contributed by atoms with E-state index in [0.717, 1.165) is 6.54 Å². The maximum absolute atomic E-state index is 11.9. The van der Waals surface area contributed by atoms with Crippen LogP contribution in [0.5, 0.6) is 0 Å². The van der Waals surface area contributed by atoms with E-state index in [1.54, 1.807) is 11.8 Å². The Morgan fingerprint density at radius 1 is 1.48 bits per heavy atom.